The van der Waals surface area contributed by atoms with Crippen LogP contribution in [0.25, 0.3) is 0 Å². The lowest BCUT2D eigenvalue weighted by molar-refractivity contribution is -0.157. The van der Waals surface area contributed by atoms with Crippen molar-refractivity contribution in [3.05, 3.63) is 0 Å². The summed E-state index contributed by atoms with van der Waals surface area (Å²) < 4.78 is 26.9. The Labute approximate surface area is 89.9 Å². The van der Waals surface area contributed by atoms with Crippen molar-refractivity contribution in [2.75, 3.05) is 11.5 Å². The summed E-state index contributed by atoms with van der Waals surface area (Å²) in [4.78, 5) is 11.5. The first kappa shape index (κ1) is 12.4. The molecule has 1 aliphatic rings. The van der Waals surface area contributed by atoms with Gasteiger partial charge >= 0.3 is 5.97 Å². The van der Waals surface area contributed by atoms with Crippen LogP contribution in [0.1, 0.15) is 20.8 Å². The first-order valence-corrected chi connectivity index (χ1v) is 6.62. The van der Waals surface area contributed by atoms with Gasteiger partial charge in [0.15, 0.2) is 9.84 Å². The summed E-state index contributed by atoms with van der Waals surface area (Å²) >= 11 is 0. The number of hydrogen-bond acceptors (Lipinski definition) is 5. The van der Waals surface area contributed by atoms with E-state index >= 15 is 0 Å². The van der Waals surface area contributed by atoms with Crippen molar-refractivity contribution in [3.63, 3.8) is 0 Å². The van der Waals surface area contributed by atoms with E-state index in [1.165, 1.54) is 0 Å². The maximum atomic E-state index is 11.5. The molecule has 1 aliphatic heterocycles. The summed E-state index contributed by atoms with van der Waals surface area (Å²) in [6, 6.07) is -0.826. The minimum Gasteiger partial charge on any atom is -0.459 e. The molecule has 1 atom stereocenters. The third kappa shape index (κ3) is 3.46. The molecular weight excluding hydrogens is 218 g/mol. The molecule has 0 aromatic carbocycles. The molecule has 0 spiro atoms. The van der Waals surface area contributed by atoms with Gasteiger partial charge in [0.05, 0.1) is 11.5 Å². The largest absolute Gasteiger partial charge is 0.459 e. The van der Waals surface area contributed by atoms with Crippen LogP contribution in [-0.2, 0) is 19.4 Å². The van der Waals surface area contributed by atoms with Gasteiger partial charge in [-0.15, -0.1) is 0 Å². The number of hydrogen-bond donors (Lipinski definition) is 1. The molecule has 88 valence electrons. The Balaban J connectivity index is 2.49. The summed E-state index contributed by atoms with van der Waals surface area (Å²) in [6.07, 6.45) is 0. The minimum absolute atomic E-state index is 0.00654. The quantitative estimate of drug-likeness (QED) is 0.664. The number of nitrogens with two attached hydrogens (primary N) is 1. The van der Waals surface area contributed by atoms with Crippen LogP contribution >= 0.6 is 0 Å². The maximum Gasteiger partial charge on any atom is 0.323 e. The third-order valence-electron chi connectivity index (χ3n) is 2.12. The van der Waals surface area contributed by atoms with Crippen LogP contribution in [0.2, 0.25) is 0 Å². The third-order valence-corrected chi connectivity index (χ3v) is 3.99. The number of sulfone groups is 1. The van der Waals surface area contributed by atoms with E-state index in [4.69, 9.17) is 10.5 Å². The van der Waals surface area contributed by atoms with Gasteiger partial charge in [-0.05, 0) is 20.8 Å². The van der Waals surface area contributed by atoms with Crippen molar-refractivity contribution in [1.29, 1.82) is 0 Å². The Morgan fingerprint density at radius 3 is 2.20 bits per heavy atom. The van der Waals surface area contributed by atoms with Crippen LogP contribution < -0.4 is 5.73 Å². The van der Waals surface area contributed by atoms with Gasteiger partial charge in [0, 0.05) is 5.92 Å². The molecule has 0 bridgehead atoms. The smallest absolute Gasteiger partial charge is 0.323 e. The molecule has 0 amide bonds. The van der Waals surface area contributed by atoms with Gasteiger partial charge in [0.2, 0.25) is 0 Å². The summed E-state index contributed by atoms with van der Waals surface area (Å²) in [6.45, 7) is 5.24. The molecular formula is C9H17NO4S. The molecule has 5 nitrogen and oxygen atoms in total. The zero-order chi connectivity index (χ0) is 11.9. The van der Waals surface area contributed by atoms with Gasteiger partial charge in [-0.25, -0.2) is 8.42 Å². The van der Waals surface area contributed by atoms with E-state index in [1.54, 1.807) is 20.8 Å². The fraction of sp³-hybridized carbons (Fsp3) is 0.889. The second kappa shape index (κ2) is 3.75. The van der Waals surface area contributed by atoms with E-state index in [0.717, 1.165) is 0 Å². The fourth-order valence-corrected chi connectivity index (χ4v) is 2.99. The molecule has 0 saturated carbocycles. The van der Waals surface area contributed by atoms with Crippen LogP contribution in [0.4, 0.5) is 0 Å². The lowest BCUT2D eigenvalue weighted by atomic mass is 10.0. The predicted molar refractivity (Wildman–Crippen MR) is 56.0 cm³/mol. The maximum absolute atomic E-state index is 11.5. The van der Waals surface area contributed by atoms with Crippen molar-refractivity contribution in [1.82, 2.24) is 0 Å². The lowest BCUT2D eigenvalue weighted by Gasteiger charge is -2.31. The number of carbonyl (C=O) groups is 1. The van der Waals surface area contributed by atoms with Crippen LogP contribution in [0.5, 0.6) is 0 Å². The van der Waals surface area contributed by atoms with Crippen molar-refractivity contribution < 1.29 is 17.9 Å². The molecule has 1 unspecified atom stereocenters. The lowest BCUT2D eigenvalue weighted by Crippen LogP contribution is -2.52. The molecule has 0 aromatic rings. The van der Waals surface area contributed by atoms with E-state index < -0.39 is 27.4 Å². The highest BCUT2D eigenvalue weighted by atomic mass is 32.2. The molecule has 0 radical (unpaired) electrons. The standard InChI is InChI=1S/C9H17NO4S/c1-9(2,3)14-8(11)7(10)6-4-15(12,13)5-6/h6-7H,4-5,10H2,1-3H3. The first-order valence-electron chi connectivity index (χ1n) is 4.79. The summed E-state index contributed by atoms with van der Waals surface area (Å²) in [5.41, 5.74) is 5.03. The second-order valence-electron chi connectivity index (χ2n) is 4.90. The average molecular weight is 235 g/mol. The van der Waals surface area contributed by atoms with Crippen LogP contribution in [-0.4, -0.2) is 37.5 Å². The van der Waals surface area contributed by atoms with Crippen molar-refractivity contribution in [2.45, 2.75) is 32.4 Å². The molecule has 15 heavy (non-hydrogen) atoms. The summed E-state index contributed by atoms with van der Waals surface area (Å²) in [5.74, 6) is -0.826. The van der Waals surface area contributed by atoms with Gasteiger partial charge in [-0.1, -0.05) is 0 Å². The minimum atomic E-state index is -2.94. The number of esters is 1. The molecule has 1 rings (SSSR count). The Morgan fingerprint density at radius 2 is 1.87 bits per heavy atom. The van der Waals surface area contributed by atoms with Crippen molar-refractivity contribution in [3.8, 4) is 0 Å². The molecule has 0 aromatic heterocycles. The molecule has 0 aliphatic carbocycles. The zero-order valence-corrected chi connectivity index (χ0v) is 10.0. The van der Waals surface area contributed by atoms with Crippen LogP contribution in [0, 0.1) is 5.92 Å². The SMILES string of the molecule is CC(C)(C)OC(=O)C(N)C1CS(=O)(=O)C1. The van der Waals surface area contributed by atoms with E-state index in [2.05, 4.69) is 0 Å². The number of carbonyl (C=O) groups excluding carboxylic acids is 1. The molecule has 1 fully saturated rings. The predicted octanol–water partition coefficient (Wildman–Crippen LogP) is -0.300. The molecule has 1 saturated heterocycles. The average Bonchev–Trinajstić information content (AvgIpc) is 1.95. The van der Waals surface area contributed by atoms with E-state index in [9.17, 15) is 13.2 Å². The fourth-order valence-electron chi connectivity index (χ4n) is 1.37. The second-order valence-corrected chi connectivity index (χ2v) is 7.05. The Bertz CT molecular complexity index is 343. The summed E-state index contributed by atoms with van der Waals surface area (Å²) in [5, 5.41) is 0. The Kier molecular flexibility index (Phi) is 3.11. The number of rotatable bonds is 2. The summed E-state index contributed by atoms with van der Waals surface area (Å²) in [7, 11) is -2.94. The molecule has 2 N–H and O–H groups in total. The molecule has 6 heteroatoms. The topological polar surface area (TPSA) is 86.5 Å². The normalized spacial score (nSPS) is 22.9. The van der Waals surface area contributed by atoms with Crippen LogP contribution in [0.3, 0.4) is 0 Å². The molecule has 1 heterocycles. The van der Waals surface area contributed by atoms with Gasteiger partial charge in [-0.2, -0.15) is 0 Å². The van der Waals surface area contributed by atoms with Gasteiger partial charge < -0.3 is 10.5 Å². The van der Waals surface area contributed by atoms with Gasteiger partial charge in [-0.3, -0.25) is 4.79 Å². The van der Waals surface area contributed by atoms with E-state index in [-0.39, 0.29) is 17.4 Å². The van der Waals surface area contributed by atoms with Gasteiger partial charge in [0.25, 0.3) is 0 Å². The highest BCUT2D eigenvalue weighted by molar-refractivity contribution is 7.92. The Hall–Kier alpha value is -0.620. The monoisotopic (exact) mass is 235 g/mol. The van der Waals surface area contributed by atoms with E-state index in [0.29, 0.717) is 0 Å². The van der Waals surface area contributed by atoms with Crippen LogP contribution in [0.15, 0.2) is 0 Å². The van der Waals surface area contributed by atoms with Gasteiger partial charge in [0.1, 0.15) is 11.6 Å². The Morgan fingerprint density at radius 1 is 1.40 bits per heavy atom. The first-order chi connectivity index (χ1) is 6.61. The van der Waals surface area contributed by atoms with E-state index in [1.807, 2.05) is 0 Å². The van der Waals surface area contributed by atoms with Crippen molar-refractivity contribution >= 4 is 15.8 Å². The highest BCUT2D eigenvalue weighted by Crippen LogP contribution is 2.22. The van der Waals surface area contributed by atoms with Crippen molar-refractivity contribution in [2.24, 2.45) is 11.7 Å². The number of ether oxygens (including phenoxy) is 1. The zero-order valence-electron chi connectivity index (χ0n) is 9.19. The highest BCUT2D eigenvalue weighted by Gasteiger charge is 2.41.